The van der Waals surface area contributed by atoms with Gasteiger partial charge in [0.15, 0.2) is 0 Å². The minimum absolute atomic E-state index is 0.0665. The highest BCUT2D eigenvalue weighted by molar-refractivity contribution is 5.90. The number of carbonyl (C=O) groups excluding carboxylic acids is 1. The second kappa shape index (κ2) is 4.59. The fraction of sp³-hybridized carbons (Fsp3) is 0.750. The third kappa shape index (κ3) is 2.07. The van der Waals surface area contributed by atoms with E-state index in [1.165, 1.54) is 25.7 Å². The summed E-state index contributed by atoms with van der Waals surface area (Å²) >= 11 is 0. The highest BCUT2D eigenvalue weighted by Crippen LogP contribution is 2.36. The number of likely N-dealkylation sites (tertiary alicyclic amines) is 1. The van der Waals surface area contributed by atoms with E-state index in [1.807, 2.05) is 4.90 Å². The standard InChI is InChI=1S/C12H19N5O/c13-12-14-10(15-16-12)11(18)17-6-5-8-3-1-2-4-9(8)7-17/h8-9H,1-7H2,(H3,13,14,15,16). The van der Waals surface area contributed by atoms with Crippen LogP contribution in [0.4, 0.5) is 5.95 Å². The van der Waals surface area contributed by atoms with Crippen molar-refractivity contribution in [2.24, 2.45) is 11.8 Å². The van der Waals surface area contributed by atoms with Crippen molar-refractivity contribution in [3.63, 3.8) is 0 Å². The summed E-state index contributed by atoms with van der Waals surface area (Å²) in [6, 6.07) is 0. The number of piperidine rings is 1. The molecule has 2 aliphatic rings. The van der Waals surface area contributed by atoms with Crippen LogP contribution in [0.25, 0.3) is 0 Å². The molecule has 6 heteroatoms. The van der Waals surface area contributed by atoms with Gasteiger partial charge >= 0.3 is 0 Å². The van der Waals surface area contributed by atoms with Crippen LogP contribution in [0.1, 0.15) is 42.7 Å². The Balaban J connectivity index is 1.68. The molecule has 2 atom stereocenters. The molecule has 0 bridgehead atoms. The van der Waals surface area contributed by atoms with E-state index in [1.54, 1.807) is 0 Å². The smallest absolute Gasteiger partial charge is 0.291 e. The van der Waals surface area contributed by atoms with E-state index in [0.29, 0.717) is 5.92 Å². The Morgan fingerprint density at radius 1 is 1.28 bits per heavy atom. The summed E-state index contributed by atoms with van der Waals surface area (Å²) in [6.07, 6.45) is 6.38. The maximum atomic E-state index is 12.2. The highest BCUT2D eigenvalue weighted by Gasteiger charge is 2.33. The predicted octanol–water partition coefficient (Wildman–Crippen LogP) is 1.04. The molecule has 1 aromatic rings. The van der Waals surface area contributed by atoms with Crippen LogP contribution in [0.15, 0.2) is 0 Å². The maximum absolute atomic E-state index is 12.2. The van der Waals surface area contributed by atoms with Crippen molar-refractivity contribution in [3.05, 3.63) is 5.82 Å². The first-order chi connectivity index (χ1) is 8.74. The molecule has 1 saturated heterocycles. The molecule has 6 nitrogen and oxygen atoms in total. The largest absolute Gasteiger partial charge is 0.366 e. The van der Waals surface area contributed by atoms with E-state index < -0.39 is 0 Å². The van der Waals surface area contributed by atoms with Gasteiger partial charge in [-0.25, -0.2) is 0 Å². The van der Waals surface area contributed by atoms with Crippen LogP contribution >= 0.6 is 0 Å². The zero-order valence-electron chi connectivity index (χ0n) is 10.4. The number of anilines is 1. The van der Waals surface area contributed by atoms with E-state index in [0.717, 1.165) is 25.4 Å². The summed E-state index contributed by atoms with van der Waals surface area (Å²) in [5, 5.41) is 6.31. The molecule has 98 valence electrons. The highest BCUT2D eigenvalue weighted by atomic mass is 16.2. The Labute approximate surface area is 106 Å². The summed E-state index contributed by atoms with van der Waals surface area (Å²) < 4.78 is 0. The molecular weight excluding hydrogens is 230 g/mol. The van der Waals surface area contributed by atoms with Crippen molar-refractivity contribution in [1.29, 1.82) is 0 Å². The molecule has 2 unspecified atom stereocenters. The molecule has 1 aliphatic carbocycles. The van der Waals surface area contributed by atoms with Crippen LogP contribution in [0, 0.1) is 11.8 Å². The van der Waals surface area contributed by atoms with Gasteiger partial charge in [0, 0.05) is 13.1 Å². The topological polar surface area (TPSA) is 87.9 Å². The van der Waals surface area contributed by atoms with Crippen LogP contribution in [0.3, 0.4) is 0 Å². The van der Waals surface area contributed by atoms with Gasteiger partial charge in [-0.1, -0.05) is 19.3 Å². The van der Waals surface area contributed by atoms with E-state index in [-0.39, 0.29) is 17.7 Å². The number of nitrogens with zero attached hydrogens (tertiary/aromatic N) is 3. The van der Waals surface area contributed by atoms with Crippen molar-refractivity contribution in [1.82, 2.24) is 20.1 Å². The van der Waals surface area contributed by atoms with Gasteiger partial charge in [-0.2, -0.15) is 4.98 Å². The molecule has 0 spiro atoms. The third-order valence-corrected chi connectivity index (χ3v) is 4.28. The molecule has 2 fully saturated rings. The van der Waals surface area contributed by atoms with Crippen LogP contribution < -0.4 is 5.73 Å². The number of aromatic amines is 1. The van der Waals surface area contributed by atoms with Gasteiger partial charge in [0.05, 0.1) is 0 Å². The molecule has 1 saturated carbocycles. The number of nitrogen functional groups attached to an aromatic ring is 1. The number of aromatic nitrogens is 3. The number of nitrogens with two attached hydrogens (primary N) is 1. The lowest BCUT2D eigenvalue weighted by Crippen LogP contribution is -2.45. The quantitative estimate of drug-likeness (QED) is 0.778. The molecule has 1 aliphatic heterocycles. The zero-order valence-corrected chi connectivity index (χ0v) is 10.4. The first kappa shape index (κ1) is 11.5. The van der Waals surface area contributed by atoms with Crippen molar-refractivity contribution < 1.29 is 4.79 Å². The lowest BCUT2D eigenvalue weighted by molar-refractivity contribution is 0.0510. The minimum Gasteiger partial charge on any atom is -0.366 e. The van der Waals surface area contributed by atoms with Gasteiger partial charge in [-0.3, -0.25) is 9.89 Å². The first-order valence-corrected chi connectivity index (χ1v) is 6.71. The maximum Gasteiger partial charge on any atom is 0.291 e. The fourth-order valence-corrected chi connectivity index (χ4v) is 3.31. The Bertz CT molecular complexity index is 443. The number of carbonyl (C=O) groups is 1. The third-order valence-electron chi connectivity index (χ3n) is 4.28. The van der Waals surface area contributed by atoms with Crippen molar-refractivity contribution >= 4 is 11.9 Å². The van der Waals surface area contributed by atoms with E-state index in [2.05, 4.69) is 15.2 Å². The second-order valence-electron chi connectivity index (χ2n) is 5.39. The lowest BCUT2D eigenvalue weighted by Gasteiger charge is -2.40. The molecule has 0 radical (unpaired) electrons. The van der Waals surface area contributed by atoms with Crippen molar-refractivity contribution in [2.75, 3.05) is 18.8 Å². The number of nitrogens with one attached hydrogen (secondary N) is 1. The van der Waals surface area contributed by atoms with Crippen LogP contribution in [0.2, 0.25) is 0 Å². The number of rotatable bonds is 1. The lowest BCUT2D eigenvalue weighted by atomic mass is 9.75. The predicted molar refractivity (Wildman–Crippen MR) is 66.8 cm³/mol. The van der Waals surface area contributed by atoms with Crippen molar-refractivity contribution in [2.45, 2.75) is 32.1 Å². The van der Waals surface area contributed by atoms with Crippen LogP contribution in [-0.2, 0) is 0 Å². The van der Waals surface area contributed by atoms with Crippen LogP contribution in [0.5, 0.6) is 0 Å². The van der Waals surface area contributed by atoms with Gasteiger partial charge in [0.25, 0.3) is 5.91 Å². The van der Waals surface area contributed by atoms with Gasteiger partial charge in [-0.05, 0) is 24.7 Å². The Kier molecular flexibility index (Phi) is 2.93. The summed E-state index contributed by atoms with van der Waals surface area (Å²) in [6.45, 7) is 1.70. The number of hydrogen-bond donors (Lipinski definition) is 2. The molecule has 1 aromatic heterocycles. The average Bonchev–Trinajstić information content (AvgIpc) is 2.84. The molecular formula is C12H19N5O. The Morgan fingerprint density at radius 3 is 2.78 bits per heavy atom. The Hall–Kier alpha value is -1.59. The van der Waals surface area contributed by atoms with Gasteiger partial charge in [0.1, 0.15) is 0 Å². The number of H-pyrrole nitrogens is 1. The molecule has 2 heterocycles. The number of amides is 1. The van der Waals surface area contributed by atoms with Crippen LogP contribution in [-0.4, -0.2) is 39.1 Å². The monoisotopic (exact) mass is 249 g/mol. The molecule has 3 N–H and O–H groups in total. The van der Waals surface area contributed by atoms with Gasteiger partial charge < -0.3 is 10.6 Å². The second-order valence-corrected chi connectivity index (χ2v) is 5.39. The van der Waals surface area contributed by atoms with Crippen molar-refractivity contribution in [3.8, 4) is 0 Å². The molecule has 0 aromatic carbocycles. The average molecular weight is 249 g/mol. The van der Waals surface area contributed by atoms with Gasteiger partial charge in [-0.15, -0.1) is 5.10 Å². The van der Waals surface area contributed by atoms with E-state index >= 15 is 0 Å². The summed E-state index contributed by atoms with van der Waals surface area (Å²) in [5.74, 6) is 1.83. The fourth-order valence-electron chi connectivity index (χ4n) is 3.31. The molecule has 3 rings (SSSR count). The minimum atomic E-state index is -0.0665. The molecule has 18 heavy (non-hydrogen) atoms. The number of hydrogen-bond acceptors (Lipinski definition) is 4. The summed E-state index contributed by atoms with van der Waals surface area (Å²) in [7, 11) is 0. The molecule has 1 amide bonds. The van der Waals surface area contributed by atoms with E-state index in [9.17, 15) is 4.79 Å². The number of fused-ring (bicyclic) bond motifs is 1. The summed E-state index contributed by atoms with van der Waals surface area (Å²) in [5.41, 5.74) is 5.43. The zero-order chi connectivity index (χ0) is 12.5. The SMILES string of the molecule is Nc1n[nH]c(C(=O)N2CCC3CCCCC3C2)n1. The Morgan fingerprint density at radius 2 is 2.06 bits per heavy atom. The van der Waals surface area contributed by atoms with Gasteiger partial charge in [0.2, 0.25) is 11.8 Å². The first-order valence-electron chi connectivity index (χ1n) is 6.71. The normalized spacial score (nSPS) is 27.9. The van der Waals surface area contributed by atoms with E-state index in [4.69, 9.17) is 5.73 Å². The summed E-state index contributed by atoms with van der Waals surface area (Å²) in [4.78, 5) is 18.0.